The lowest BCUT2D eigenvalue weighted by Crippen LogP contribution is -2.35. The van der Waals surface area contributed by atoms with Crippen molar-refractivity contribution >= 4 is 5.91 Å². The van der Waals surface area contributed by atoms with E-state index in [9.17, 15) is 19.1 Å². The minimum Gasteiger partial charge on any atom is -0.395 e. The summed E-state index contributed by atoms with van der Waals surface area (Å²) in [6.45, 7) is 3.72. The van der Waals surface area contributed by atoms with E-state index in [0.29, 0.717) is 23.6 Å². The number of nitrogens with zero attached hydrogens (tertiary/aromatic N) is 2. The standard InChI is InChI=1S/C18H22FN3O3/c1-12(2)9-14-10-16(21-18(25)20-14)17(24)22(7-8-23)11-13-5-3-4-6-15(13)19/h3-6,10,12,23H,7-9,11H2,1-2H3,(H,20,21,25). The molecule has 1 aromatic heterocycles. The molecule has 0 aliphatic rings. The summed E-state index contributed by atoms with van der Waals surface area (Å²) < 4.78 is 13.9. The molecule has 2 rings (SSSR count). The van der Waals surface area contributed by atoms with E-state index in [-0.39, 0.29) is 25.4 Å². The van der Waals surface area contributed by atoms with Gasteiger partial charge in [0.1, 0.15) is 11.5 Å². The SMILES string of the molecule is CC(C)Cc1cc(C(=O)N(CCO)Cc2ccccc2F)nc(=O)[nH]1. The summed E-state index contributed by atoms with van der Waals surface area (Å²) in [5, 5.41) is 9.23. The van der Waals surface area contributed by atoms with Crippen LogP contribution in [-0.2, 0) is 13.0 Å². The summed E-state index contributed by atoms with van der Waals surface area (Å²) in [5.74, 6) is -0.654. The van der Waals surface area contributed by atoms with Gasteiger partial charge in [0.2, 0.25) is 0 Å². The smallest absolute Gasteiger partial charge is 0.345 e. The number of rotatable bonds is 7. The fourth-order valence-electron chi connectivity index (χ4n) is 2.53. The highest BCUT2D eigenvalue weighted by atomic mass is 19.1. The third-order valence-corrected chi connectivity index (χ3v) is 3.62. The number of carbonyl (C=O) groups excluding carboxylic acids is 1. The van der Waals surface area contributed by atoms with Crippen LogP contribution in [0.3, 0.4) is 0 Å². The first kappa shape index (κ1) is 18.8. The molecule has 0 saturated carbocycles. The van der Waals surface area contributed by atoms with Crippen LogP contribution >= 0.6 is 0 Å². The average molecular weight is 347 g/mol. The summed E-state index contributed by atoms with van der Waals surface area (Å²) >= 11 is 0. The number of aromatic amines is 1. The van der Waals surface area contributed by atoms with E-state index in [4.69, 9.17) is 0 Å². The van der Waals surface area contributed by atoms with Gasteiger partial charge in [-0.15, -0.1) is 0 Å². The van der Waals surface area contributed by atoms with Gasteiger partial charge < -0.3 is 15.0 Å². The highest BCUT2D eigenvalue weighted by Gasteiger charge is 2.20. The lowest BCUT2D eigenvalue weighted by Gasteiger charge is -2.22. The minimum atomic E-state index is -0.601. The van der Waals surface area contributed by atoms with Crippen molar-refractivity contribution in [3.8, 4) is 0 Å². The van der Waals surface area contributed by atoms with Gasteiger partial charge in [0, 0.05) is 24.3 Å². The number of carbonyl (C=O) groups is 1. The van der Waals surface area contributed by atoms with E-state index >= 15 is 0 Å². The number of benzene rings is 1. The number of halogens is 1. The first-order valence-electron chi connectivity index (χ1n) is 8.14. The van der Waals surface area contributed by atoms with Crippen LogP contribution < -0.4 is 5.69 Å². The van der Waals surface area contributed by atoms with E-state index in [1.54, 1.807) is 18.2 Å². The normalized spacial score (nSPS) is 10.9. The third kappa shape index (κ3) is 5.22. The topological polar surface area (TPSA) is 86.3 Å². The van der Waals surface area contributed by atoms with E-state index in [0.717, 1.165) is 0 Å². The number of hydrogen-bond acceptors (Lipinski definition) is 4. The van der Waals surface area contributed by atoms with Crippen molar-refractivity contribution in [2.75, 3.05) is 13.2 Å². The average Bonchev–Trinajstić information content (AvgIpc) is 2.54. The number of aromatic nitrogens is 2. The molecule has 25 heavy (non-hydrogen) atoms. The fourth-order valence-corrected chi connectivity index (χ4v) is 2.53. The predicted molar refractivity (Wildman–Crippen MR) is 91.6 cm³/mol. The fraction of sp³-hybridized carbons (Fsp3) is 0.389. The molecule has 0 saturated heterocycles. The van der Waals surface area contributed by atoms with Gasteiger partial charge in [-0.25, -0.2) is 9.18 Å². The Balaban J connectivity index is 2.29. The van der Waals surface area contributed by atoms with Gasteiger partial charge in [-0.05, 0) is 24.5 Å². The second-order valence-electron chi connectivity index (χ2n) is 6.24. The Bertz CT molecular complexity index is 789. The molecular formula is C18H22FN3O3. The Morgan fingerprint density at radius 3 is 2.72 bits per heavy atom. The second-order valence-corrected chi connectivity index (χ2v) is 6.24. The van der Waals surface area contributed by atoms with Crippen LogP contribution in [-0.4, -0.2) is 39.0 Å². The molecule has 2 aromatic rings. The Labute approximate surface area is 145 Å². The van der Waals surface area contributed by atoms with Crippen molar-refractivity contribution in [3.05, 3.63) is 63.6 Å². The Hall–Kier alpha value is -2.54. The molecule has 0 aliphatic carbocycles. The second kappa shape index (κ2) is 8.53. The van der Waals surface area contributed by atoms with Crippen LogP contribution in [0.1, 0.15) is 35.6 Å². The zero-order chi connectivity index (χ0) is 18.4. The third-order valence-electron chi connectivity index (χ3n) is 3.62. The number of H-pyrrole nitrogens is 1. The molecule has 0 fully saturated rings. The van der Waals surface area contributed by atoms with Crippen molar-refractivity contribution < 1.29 is 14.3 Å². The van der Waals surface area contributed by atoms with Crippen LogP contribution in [0, 0.1) is 11.7 Å². The number of amides is 1. The molecule has 1 heterocycles. The highest BCUT2D eigenvalue weighted by molar-refractivity contribution is 5.92. The quantitative estimate of drug-likeness (QED) is 0.799. The number of nitrogens with one attached hydrogen (secondary N) is 1. The van der Waals surface area contributed by atoms with Gasteiger partial charge in [0.05, 0.1) is 6.61 Å². The lowest BCUT2D eigenvalue weighted by molar-refractivity contribution is 0.0699. The zero-order valence-corrected chi connectivity index (χ0v) is 14.3. The van der Waals surface area contributed by atoms with Crippen LogP contribution in [0.15, 0.2) is 35.1 Å². The molecule has 0 spiro atoms. The maximum atomic E-state index is 13.9. The zero-order valence-electron chi connectivity index (χ0n) is 14.3. The Morgan fingerprint density at radius 1 is 1.36 bits per heavy atom. The van der Waals surface area contributed by atoms with Gasteiger partial charge in [0.15, 0.2) is 0 Å². The van der Waals surface area contributed by atoms with Crippen LogP contribution in [0.5, 0.6) is 0 Å². The first-order valence-corrected chi connectivity index (χ1v) is 8.14. The van der Waals surface area contributed by atoms with Crippen molar-refractivity contribution in [1.29, 1.82) is 0 Å². The molecule has 0 atom stereocenters. The van der Waals surface area contributed by atoms with E-state index in [1.807, 2.05) is 13.8 Å². The van der Waals surface area contributed by atoms with Gasteiger partial charge in [-0.1, -0.05) is 32.0 Å². The van der Waals surface area contributed by atoms with E-state index in [2.05, 4.69) is 9.97 Å². The predicted octanol–water partition coefficient (Wildman–Crippen LogP) is 1.74. The van der Waals surface area contributed by atoms with Crippen LogP contribution in [0.2, 0.25) is 0 Å². The summed E-state index contributed by atoms with van der Waals surface area (Å²) in [6, 6.07) is 7.65. The Kier molecular flexibility index (Phi) is 6.41. The molecule has 0 bridgehead atoms. The molecule has 6 nitrogen and oxygen atoms in total. The number of hydrogen-bond donors (Lipinski definition) is 2. The van der Waals surface area contributed by atoms with Gasteiger partial charge in [-0.3, -0.25) is 4.79 Å². The molecule has 0 unspecified atom stereocenters. The molecular weight excluding hydrogens is 325 g/mol. The van der Waals surface area contributed by atoms with E-state index < -0.39 is 17.4 Å². The summed E-state index contributed by atoms with van der Waals surface area (Å²) in [7, 11) is 0. The van der Waals surface area contributed by atoms with Crippen molar-refractivity contribution in [2.45, 2.75) is 26.8 Å². The van der Waals surface area contributed by atoms with E-state index in [1.165, 1.54) is 17.0 Å². The maximum Gasteiger partial charge on any atom is 0.345 e. The number of aliphatic hydroxyl groups is 1. The maximum absolute atomic E-state index is 13.9. The molecule has 1 aromatic carbocycles. The molecule has 0 radical (unpaired) electrons. The highest BCUT2D eigenvalue weighted by Crippen LogP contribution is 2.13. The summed E-state index contributed by atoms with van der Waals surface area (Å²) in [5.41, 5.74) is 0.338. The van der Waals surface area contributed by atoms with Crippen LogP contribution in [0.4, 0.5) is 4.39 Å². The van der Waals surface area contributed by atoms with Gasteiger partial charge >= 0.3 is 5.69 Å². The largest absolute Gasteiger partial charge is 0.395 e. The molecule has 1 amide bonds. The lowest BCUT2D eigenvalue weighted by atomic mass is 10.1. The van der Waals surface area contributed by atoms with Crippen molar-refractivity contribution in [1.82, 2.24) is 14.9 Å². The monoisotopic (exact) mass is 347 g/mol. The summed E-state index contributed by atoms with van der Waals surface area (Å²) in [4.78, 5) is 32.1. The summed E-state index contributed by atoms with van der Waals surface area (Å²) in [6.07, 6.45) is 0.603. The molecule has 0 aliphatic heterocycles. The van der Waals surface area contributed by atoms with Crippen molar-refractivity contribution in [3.63, 3.8) is 0 Å². The molecule has 7 heteroatoms. The molecule has 134 valence electrons. The van der Waals surface area contributed by atoms with Gasteiger partial charge in [-0.2, -0.15) is 4.98 Å². The number of aliphatic hydroxyl groups excluding tert-OH is 1. The van der Waals surface area contributed by atoms with Gasteiger partial charge in [0.25, 0.3) is 5.91 Å². The minimum absolute atomic E-state index is 0.0100. The Morgan fingerprint density at radius 2 is 2.08 bits per heavy atom. The first-order chi connectivity index (χ1) is 11.9. The molecule has 2 N–H and O–H groups in total. The van der Waals surface area contributed by atoms with Crippen molar-refractivity contribution in [2.24, 2.45) is 5.92 Å². The van der Waals surface area contributed by atoms with Crippen LogP contribution in [0.25, 0.3) is 0 Å².